The van der Waals surface area contributed by atoms with E-state index in [9.17, 15) is 14.0 Å². The fourth-order valence-electron chi connectivity index (χ4n) is 3.76. The SMILES string of the molecule is Cc1sc2ncn(C(C)C(=O)Nc3nc(-c4ccccc4)cs3)c(=O)c2c1-c1ccc(F)cc1. The lowest BCUT2D eigenvalue weighted by Gasteiger charge is -2.14. The first-order chi connectivity index (χ1) is 16.4. The fraction of sp³-hybridized carbons (Fsp3) is 0.120. The Balaban J connectivity index is 1.46. The molecule has 0 aliphatic heterocycles. The van der Waals surface area contributed by atoms with Gasteiger partial charge in [0.2, 0.25) is 5.91 Å². The first-order valence-electron chi connectivity index (χ1n) is 10.5. The van der Waals surface area contributed by atoms with Gasteiger partial charge in [0.25, 0.3) is 5.56 Å². The summed E-state index contributed by atoms with van der Waals surface area (Å²) in [6, 6.07) is 14.9. The van der Waals surface area contributed by atoms with Crippen molar-refractivity contribution in [2.45, 2.75) is 19.9 Å². The number of halogens is 1. The number of amides is 1. The van der Waals surface area contributed by atoms with Gasteiger partial charge < -0.3 is 5.32 Å². The summed E-state index contributed by atoms with van der Waals surface area (Å²) in [5.41, 5.74) is 2.85. The standard InChI is InChI=1S/C25H19FN4O2S2/c1-14(22(31)29-25-28-19(12-33-25)16-6-4-3-5-7-16)30-13-27-23-21(24(30)32)20(15(2)34-23)17-8-10-18(26)11-9-17/h3-14H,1-2H3,(H,28,29,31). The first-order valence-corrected chi connectivity index (χ1v) is 12.2. The molecule has 0 aliphatic carbocycles. The number of hydrogen-bond acceptors (Lipinski definition) is 6. The van der Waals surface area contributed by atoms with Gasteiger partial charge in [-0.15, -0.1) is 22.7 Å². The second-order valence-electron chi connectivity index (χ2n) is 7.75. The van der Waals surface area contributed by atoms with Gasteiger partial charge in [-0.05, 0) is 31.5 Å². The van der Waals surface area contributed by atoms with Crippen LogP contribution in [0.4, 0.5) is 9.52 Å². The number of aryl methyl sites for hydroxylation is 1. The van der Waals surface area contributed by atoms with E-state index >= 15 is 0 Å². The van der Waals surface area contributed by atoms with Crippen molar-refractivity contribution in [3.8, 4) is 22.4 Å². The minimum absolute atomic E-state index is 0.319. The molecule has 1 atom stereocenters. The molecular formula is C25H19FN4O2S2. The lowest BCUT2D eigenvalue weighted by atomic mass is 10.0. The molecule has 2 aromatic carbocycles. The highest BCUT2D eigenvalue weighted by molar-refractivity contribution is 7.19. The molecule has 6 nitrogen and oxygen atoms in total. The number of thiazole rings is 1. The molecule has 0 aliphatic rings. The van der Waals surface area contributed by atoms with Gasteiger partial charge in [-0.3, -0.25) is 14.2 Å². The van der Waals surface area contributed by atoms with Crippen LogP contribution >= 0.6 is 22.7 Å². The van der Waals surface area contributed by atoms with Gasteiger partial charge in [0.1, 0.15) is 16.7 Å². The van der Waals surface area contributed by atoms with E-state index in [4.69, 9.17) is 0 Å². The summed E-state index contributed by atoms with van der Waals surface area (Å²) in [6.07, 6.45) is 1.40. The number of carbonyl (C=O) groups excluding carboxylic acids is 1. The number of carbonyl (C=O) groups is 1. The highest BCUT2D eigenvalue weighted by atomic mass is 32.1. The molecule has 3 aromatic heterocycles. The van der Waals surface area contributed by atoms with Crippen LogP contribution in [-0.4, -0.2) is 20.4 Å². The molecule has 9 heteroatoms. The van der Waals surface area contributed by atoms with Crippen LogP contribution in [0.2, 0.25) is 0 Å². The lowest BCUT2D eigenvalue weighted by Crippen LogP contribution is -2.31. The molecule has 170 valence electrons. The molecule has 1 unspecified atom stereocenters. The summed E-state index contributed by atoms with van der Waals surface area (Å²) >= 11 is 2.72. The Labute approximate surface area is 202 Å². The number of hydrogen-bond donors (Lipinski definition) is 1. The third kappa shape index (κ3) is 4.04. The summed E-state index contributed by atoms with van der Waals surface area (Å²) in [6.45, 7) is 3.55. The van der Waals surface area contributed by atoms with Crippen molar-refractivity contribution in [1.82, 2.24) is 14.5 Å². The van der Waals surface area contributed by atoms with E-state index in [1.165, 1.54) is 45.7 Å². The van der Waals surface area contributed by atoms with E-state index in [0.29, 0.717) is 20.9 Å². The number of fused-ring (bicyclic) bond motifs is 1. The average Bonchev–Trinajstić information content (AvgIpc) is 3.44. The Kier molecular flexibility index (Phi) is 5.80. The second kappa shape index (κ2) is 8.92. The third-order valence-corrected chi connectivity index (χ3v) is 7.32. The van der Waals surface area contributed by atoms with Gasteiger partial charge in [0.15, 0.2) is 5.13 Å². The van der Waals surface area contributed by atoms with Gasteiger partial charge in [-0.2, -0.15) is 0 Å². The van der Waals surface area contributed by atoms with Gasteiger partial charge in [0.05, 0.1) is 17.4 Å². The van der Waals surface area contributed by atoms with E-state index < -0.39 is 6.04 Å². The van der Waals surface area contributed by atoms with Crippen molar-refractivity contribution in [3.05, 3.63) is 87.4 Å². The highest BCUT2D eigenvalue weighted by Crippen LogP contribution is 2.35. The monoisotopic (exact) mass is 490 g/mol. The van der Waals surface area contributed by atoms with E-state index in [1.807, 2.05) is 42.6 Å². The molecule has 0 saturated carbocycles. The molecule has 3 heterocycles. The van der Waals surface area contributed by atoms with E-state index in [-0.39, 0.29) is 17.3 Å². The van der Waals surface area contributed by atoms with Crippen LogP contribution in [-0.2, 0) is 4.79 Å². The maximum absolute atomic E-state index is 13.5. The Bertz CT molecular complexity index is 1560. The van der Waals surface area contributed by atoms with Crippen LogP contribution in [0.25, 0.3) is 32.6 Å². The number of benzene rings is 2. The normalized spacial score (nSPS) is 12.1. The maximum atomic E-state index is 13.5. The van der Waals surface area contributed by atoms with Gasteiger partial charge in [-0.1, -0.05) is 42.5 Å². The molecular weight excluding hydrogens is 471 g/mol. The summed E-state index contributed by atoms with van der Waals surface area (Å²) in [5.74, 6) is -0.716. The van der Waals surface area contributed by atoms with E-state index in [2.05, 4.69) is 15.3 Å². The topological polar surface area (TPSA) is 76.9 Å². The smallest absolute Gasteiger partial charge is 0.263 e. The fourth-order valence-corrected chi connectivity index (χ4v) is 5.49. The predicted molar refractivity (Wildman–Crippen MR) is 135 cm³/mol. The third-order valence-electron chi connectivity index (χ3n) is 5.55. The zero-order chi connectivity index (χ0) is 23.8. The van der Waals surface area contributed by atoms with Crippen LogP contribution in [0.1, 0.15) is 17.8 Å². The Morgan fingerprint density at radius 3 is 2.56 bits per heavy atom. The Morgan fingerprint density at radius 2 is 1.82 bits per heavy atom. The van der Waals surface area contributed by atoms with Crippen molar-refractivity contribution in [2.24, 2.45) is 0 Å². The van der Waals surface area contributed by atoms with Gasteiger partial charge in [0, 0.05) is 21.4 Å². The summed E-state index contributed by atoms with van der Waals surface area (Å²) in [7, 11) is 0. The minimum Gasteiger partial charge on any atom is -0.300 e. The van der Waals surface area contributed by atoms with Crippen LogP contribution in [0.3, 0.4) is 0 Å². The zero-order valence-corrected chi connectivity index (χ0v) is 19.9. The highest BCUT2D eigenvalue weighted by Gasteiger charge is 2.22. The molecule has 0 spiro atoms. The molecule has 0 saturated heterocycles. The van der Waals surface area contributed by atoms with Crippen molar-refractivity contribution in [2.75, 3.05) is 5.32 Å². The summed E-state index contributed by atoms with van der Waals surface area (Å²) in [5, 5.41) is 5.56. The molecule has 5 rings (SSSR count). The van der Waals surface area contributed by atoms with Crippen molar-refractivity contribution in [1.29, 1.82) is 0 Å². The van der Waals surface area contributed by atoms with Gasteiger partial charge >= 0.3 is 0 Å². The first kappa shape index (κ1) is 22.1. The van der Waals surface area contributed by atoms with Gasteiger partial charge in [-0.25, -0.2) is 14.4 Å². The molecule has 0 bridgehead atoms. The molecule has 0 radical (unpaired) electrons. The molecule has 5 aromatic rings. The summed E-state index contributed by atoms with van der Waals surface area (Å²) < 4.78 is 14.8. The van der Waals surface area contributed by atoms with Crippen LogP contribution in [0.5, 0.6) is 0 Å². The van der Waals surface area contributed by atoms with Crippen LogP contribution in [0.15, 0.2) is 71.1 Å². The van der Waals surface area contributed by atoms with Crippen LogP contribution in [0, 0.1) is 12.7 Å². The number of nitrogens with one attached hydrogen (secondary N) is 1. The zero-order valence-electron chi connectivity index (χ0n) is 18.3. The largest absolute Gasteiger partial charge is 0.300 e. The number of thiophene rings is 1. The molecule has 1 N–H and O–H groups in total. The second-order valence-corrected chi connectivity index (χ2v) is 9.81. The molecule has 1 amide bonds. The minimum atomic E-state index is -0.810. The Morgan fingerprint density at radius 1 is 1.09 bits per heavy atom. The number of anilines is 1. The number of nitrogens with zero attached hydrogens (tertiary/aromatic N) is 3. The Hall–Kier alpha value is -3.69. The van der Waals surface area contributed by atoms with Crippen molar-refractivity contribution < 1.29 is 9.18 Å². The quantitative estimate of drug-likeness (QED) is 0.333. The van der Waals surface area contributed by atoms with E-state index in [0.717, 1.165) is 21.7 Å². The maximum Gasteiger partial charge on any atom is 0.263 e. The molecule has 0 fully saturated rings. The predicted octanol–water partition coefficient (Wildman–Crippen LogP) is 5.90. The summed E-state index contributed by atoms with van der Waals surface area (Å²) in [4.78, 5) is 36.8. The van der Waals surface area contributed by atoms with Crippen molar-refractivity contribution in [3.63, 3.8) is 0 Å². The average molecular weight is 491 g/mol. The van der Waals surface area contributed by atoms with Crippen LogP contribution < -0.4 is 10.9 Å². The lowest BCUT2D eigenvalue weighted by molar-refractivity contribution is -0.118. The molecule has 34 heavy (non-hydrogen) atoms. The number of aromatic nitrogens is 3. The van der Waals surface area contributed by atoms with E-state index in [1.54, 1.807) is 19.1 Å². The van der Waals surface area contributed by atoms with Crippen molar-refractivity contribution >= 4 is 43.9 Å². The number of rotatable bonds is 5.